The summed E-state index contributed by atoms with van der Waals surface area (Å²) in [4.78, 5) is 25.2. The molecule has 0 bridgehead atoms. The van der Waals surface area contributed by atoms with E-state index in [1.54, 1.807) is 0 Å². The van der Waals surface area contributed by atoms with Gasteiger partial charge in [-0.05, 0) is 96.3 Å². The number of hydrogen-bond donors (Lipinski definition) is 0. The van der Waals surface area contributed by atoms with E-state index in [-0.39, 0.29) is 25.8 Å². The number of phosphoric acid groups is 1. The van der Waals surface area contributed by atoms with Gasteiger partial charge in [-0.2, -0.15) is 0 Å². The highest BCUT2D eigenvalue weighted by molar-refractivity contribution is 7.45. The van der Waals surface area contributed by atoms with Gasteiger partial charge in [0.2, 0.25) is 0 Å². The average molecular weight is 954 g/mol. The summed E-state index contributed by atoms with van der Waals surface area (Å²) in [6.07, 6.45) is 69.7. The number of ether oxygens (including phenoxy) is 2. The molecule has 0 aromatic heterocycles. The molecular weight excluding hydrogens is 854 g/mol. The zero-order valence-electron chi connectivity index (χ0n) is 43.6. The monoisotopic (exact) mass is 954 g/mol. The van der Waals surface area contributed by atoms with Crippen LogP contribution >= 0.6 is 7.82 Å². The molecule has 0 rings (SSSR count). The largest absolute Gasteiger partial charge is 0.756 e. The fraction of sp³-hybridized carbons (Fsp3) is 0.672. The van der Waals surface area contributed by atoms with Crippen molar-refractivity contribution in [3.05, 3.63) is 109 Å². The maximum Gasteiger partial charge on any atom is 0.306 e. The first-order valence-electron chi connectivity index (χ1n) is 26.6. The number of carbonyl (C=O) groups excluding carboxylic acids is 1. The minimum absolute atomic E-state index is 0.0160. The number of phosphoric ester groups is 1. The van der Waals surface area contributed by atoms with E-state index < -0.39 is 13.9 Å². The lowest BCUT2D eigenvalue weighted by atomic mass is 10.1. The Morgan fingerprint density at radius 1 is 0.463 bits per heavy atom. The van der Waals surface area contributed by atoms with Crippen LogP contribution in [0.3, 0.4) is 0 Å². The highest BCUT2D eigenvalue weighted by atomic mass is 31.2. The lowest BCUT2D eigenvalue weighted by Crippen LogP contribution is -2.37. The van der Waals surface area contributed by atoms with E-state index in [1.807, 2.05) is 21.1 Å². The molecule has 0 heterocycles. The first kappa shape index (κ1) is 64.2. The Morgan fingerprint density at radius 3 is 1.22 bits per heavy atom. The van der Waals surface area contributed by atoms with Gasteiger partial charge in [0.15, 0.2) is 0 Å². The normalized spacial score (nSPS) is 14.4. The molecule has 8 nitrogen and oxygen atoms in total. The topological polar surface area (TPSA) is 94.1 Å². The first-order valence-corrected chi connectivity index (χ1v) is 28.1. The molecule has 0 saturated heterocycles. The number of rotatable bonds is 48. The summed E-state index contributed by atoms with van der Waals surface area (Å²) in [5.41, 5.74) is 0. The maximum atomic E-state index is 12.8. The SMILES string of the molecule is CC/C=C\C/C=C\C/C=C\C/C=C\C/C=C\CCCCCCCCCCCCOCC(COP(=O)([O-])OCC[N+](C)(C)C)OC(=O)CCCCCCCC/C=C\C/C=C\C/C=C\C/C=C\CC. The zero-order chi connectivity index (χ0) is 49.0. The third-order valence-electron chi connectivity index (χ3n) is 10.8. The second kappa shape index (κ2) is 49.6. The van der Waals surface area contributed by atoms with Crippen LogP contribution in [0.1, 0.15) is 194 Å². The van der Waals surface area contributed by atoms with Crippen LogP contribution in [0.5, 0.6) is 0 Å². The molecule has 67 heavy (non-hydrogen) atoms. The van der Waals surface area contributed by atoms with Crippen LogP contribution in [0.15, 0.2) is 109 Å². The molecule has 0 amide bonds. The molecule has 0 saturated carbocycles. The van der Waals surface area contributed by atoms with Crippen molar-refractivity contribution < 1.29 is 37.3 Å². The molecular formula is C58H100NO7P. The summed E-state index contributed by atoms with van der Waals surface area (Å²) >= 11 is 0. The van der Waals surface area contributed by atoms with Crippen molar-refractivity contribution in [1.82, 2.24) is 0 Å². The Kier molecular flexibility index (Phi) is 47.5. The van der Waals surface area contributed by atoms with Gasteiger partial charge in [0.05, 0.1) is 34.4 Å². The van der Waals surface area contributed by atoms with E-state index in [0.717, 1.165) is 103 Å². The summed E-state index contributed by atoms with van der Waals surface area (Å²) < 4.78 is 34.8. The zero-order valence-corrected chi connectivity index (χ0v) is 44.5. The van der Waals surface area contributed by atoms with Crippen LogP contribution in [0, 0.1) is 0 Å². The molecule has 2 atom stereocenters. The Balaban J connectivity index is 4.17. The molecule has 0 fully saturated rings. The van der Waals surface area contributed by atoms with E-state index in [9.17, 15) is 14.3 Å². The second-order valence-electron chi connectivity index (χ2n) is 18.5. The minimum Gasteiger partial charge on any atom is -0.756 e. The van der Waals surface area contributed by atoms with Gasteiger partial charge in [0.1, 0.15) is 19.3 Å². The van der Waals surface area contributed by atoms with Gasteiger partial charge in [-0.1, -0.05) is 200 Å². The lowest BCUT2D eigenvalue weighted by Gasteiger charge is -2.28. The van der Waals surface area contributed by atoms with Gasteiger partial charge in [-0.25, -0.2) is 0 Å². The quantitative estimate of drug-likeness (QED) is 0.0197. The van der Waals surface area contributed by atoms with Gasteiger partial charge in [-0.3, -0.25) is 9.36 Å². The van der Waals surface area contributed by atoms with Crippen molar-refractivity contribution >= 4 is 13.8 Å². The Morgan fingerprint density at radius 2 is 0.821 bits per heavy atom. The number of allylic oxidation sites excluding steroid dienone is 18. The number of unbranched alkanes of at least 4 members (excludes halogenated alkanes) is 16. The average Bonchev–Trinajstić information content (AvgIpc) is 3.29. The van der Waals surface area contributed by atoms with Gasteiger partial charge in [0.25, 0.3) is 7.82 Å². The maximum absolute atomic E-state index is 12.8. The van der Waals surface area contributed by atoms with E-state index in [2.05, 4.69) is 123 Å². The fourth-order valence-electron chi connectivity index (χ4n) is 6.80. The Bertz CT molecular complexity index is 1430. The van der Waals surface area contributed by atoms with Gasteiger partial charge in [0, 0.05) is 13.0 Å². The van der Waals surface area contributed by atoms with Crippen molar-refractivity contribution in [3.8, 4) is 0 Å². The molecule has 0 aromatic rings. The third-order valence-corrected chi connectivity index (χ3v) is 11.8. The van der Waals surface area contributed by atoms with Crippen molar-refractivity contribution in [1.29, 1.82) is 0 Å². The van der Waals surface area contributed by atoms with Crippen LogP contribution in [-0.4, -0.2) is 70.7 Å². The molecule has 0 spiro atoms. The van der Waals surface area contributed by atoms with Crippen LogP contribution in [0.2, 0.25) is 0 Å². The van der Waals surface area contributed by atoms with E-state index in [1.165, 1.54) is 70.6 Å². The lowest BCUT2D eigenvalue weighted by molar-refractivity contribution is -0.870. The van der Waals surface area contributed by atoms with Crippen molar-refractivity contribution in [3.63, 3.8) is 0 Å². The number of esters is 1. The van der Waals surface area contributed by atoms with Crippen LogP contribution in [0.25, 0.3) is 0 Å². The number of hydrogen-bond acceptors (Lipinski definition) is 7. The summed E-state index contributed by atoms with van der Waals surface area (Å²) in [5, 5.41) is 0. The molecule has 384 valence electrons. The van der Waals surface area contributed by atoms with Crippen molar-refractivity contribution in [2.75, 3.05) is 54.1 Å². The number of likely N-dealkylation sites (N-methyl/N-ethyl adjacent to an activating group) is 1. The van der Waals surface area contributed by atoms with Crippen LogP contribution in [-0.2, 0) is 27.9 Å². The molecule has 0 aromatic carbocycles. The second-order valence-corrected chi connectivity index (χ2v) is 19.9. The van der Waals surface area contributed by atoms with E-state index in [4.69, 9.17) is 18.5 Å². The predicted molar refractivity (Wildman–Crippen MR) is 286 cm³/mol. The first-order chi connectivity index (χ1) is 32.6. The summed E-state index contributed by atoms with van der Waals surface area (Å²) in [5.74, 6) is -0.353. The molecule has 0 aliphatic heterocycles. The highest BCUT2D eigenvalue weighted by Crippen LogP contribution is 2.38. The van der Waals surface area contributed by atoms with Gasteiger partial charge < -0.3 is 27.9 Å². The molecule has 0 aliphatic rings. The molecule has 0 N–H and O–H groups in total. The predicted octanol–water partition coefficient (Wildman–Crippen LogP) is 16.1. The molecule has 0 aliphatic carbocycles. The van der Waals surface area contributed by atoms with Gasteiger partial charge >= 0.3 is 5.97 Å². The molecule has 2 unspecified atom stereocenters. The smallest absolute Gasteiger partial charge is 0.306 e. The van der Waals surface area contributed by atoms with Crippen molar-refractivity contribution in [2.24, 2.45) is 0 Å². The third kappa shape index (κ3) is 54.0. The highest BCUT2D eigenvalue weighted by Gasteiger charge is 2.20. The minimum atomic E-state index is -4.55. The van der Waals surface area contributed by atoms with Crippen LogP contribution < -0.4 is 4.89 Å². The van der Waals surface area contributed by atoms with Gasteiger partial charge in [-0.15, -0.1) is 0 Å². The van der Waals surface area contributed by atoms with Crippen molar-refractivity contribution in [2.45, 2.75) is 200 Å². The molecule has 9 heteroatoms. The number of quaternary nitrogens is 1. The Labute approximate surface area is 412 Å². The Hall–Kier alpha value is -2.84. The van der Waals surface area contributed by atoms with E-state index in [0.29, 0.717) is 24.1 Å². The van der Waals surface area contributed by atoms with E-state index >= 15 is 0 Å². The van der Waals surface area contributed by atoms with Crippen LogP contribution in [0.4, 0.5) is 0 Å². The molecule has 0 radical (unpaired) electrons. The fourth-order valence-corrected chi connectivity index (χ4v) is 7.53. The number of carbonyl (C=O) groups is 1. The summed E-state index contributed by atoms with van der Waals surface area (Å²) in [6.45, 7) is 5.14. The number of nitrogens with zero attached hydrogens (tertiary/aromatic N) is 1. The standard InChI is InChI=1S/C58H100NO7P/c1-6-8-10-12-14-16-18-20-22-24-26-27-28-29-30-31-32-34-36-38-40-42-44-46-48-50-53-63-55-57(56-65-67(61,62)64-54-52-59(3,4)5)66-58(60)51-49-47-45-43-41-39-37-35-33-25-23-21-19-17-15-13-11-9-7-2/h8-11,14-17,20-23,26-27,29-30,33,35,57H,6-7,12-13,18-19,24-25,28,31-32,34,36-56H2,1-5H3/b10-8-,11-9-,16-14-,17-15-,22-20-,23-21-,27-26-,30-29-,35-33-. The summed E-state index contributed by atoms with van der Waals surface area (Å²) in [6, 6.07) is 0. The summed E-state index contributed by atoms with van der Waals surface area (Å²) in [7, 11) is 1.33.